The van der Waals surface area contributed by atoms with Gasteiger partial charge in [-0.3, -0.25) is 4.79 Å². The van der Waals surface area contributed by atoms with E-state index in [1.54, 1.807) is 0 Å². The van der Waals surface area contributed by atoms with Gasteiger partial charge in [0, 0.05) is 48.3 Å². The number of carbonyl (C=O) groups excluding carboxylic acids is 1. The van der Waals surface area contributed by atoms with E-state index in [4.69, 9.17) is 4.74 Å². The highest BCUT2D eigenvalue weighted by Gasteiger charge is 2.17. The van der Waals surface area contributed by atoms with Crippen LogP contribution in [-0.2, 0) is 16.1 Å². The fourth-order valence-electron chi connectivity index (χ4n) is 2.90. The van der Waals surface area contributed by atoms with Crippen LogP contribution in [0.5, 0.6) is 0 Å². The molecule has 0 saturated carbocycles. The normalized spacial score (nSPS) is 17.0. The number of fused-ring (bicyclic) bond motifs is 1. The molecule has 5 nitrogen and oxygen atoms in total. The topological polar surface area (TPSA) is 55.3 Å². The van der Waals surface area contributed by atoms with Crippen molar-refractivity contribution in [3.05, 3.63) is 30.5 Å². The smallest absolute Gasteiger partial charge is 0.226 e. The summed E-state index contributed by atoms with van der Waals surface area (Å²) in [5, 5.41) is 7.43. The monoisotopic (exact) mass is 373 g/mol. The molecule has 24 heavy (non-hydrogen) atoms. The van der Waals surface area contributed by atoms with Crippen molar-refractivity contribution in [2.75, 3.05) is 25.1 Å². The summed E-state index contributed by atoms with van der Waals surface area (Å²) in [6.45, 7) is 5.33. The van der Waals surface area contributed by atoms with E-state index in [-0.39, 0.29) is 36.8 Å². The van der Waals surface area contributed by atoms with E-state index < -0.39 is 0 Å². The highest BCUT2D eigenvalue weighted by Crippen LogP contribution is 2.21. The largest absolute Gasteiger partial charge is 0.378 e. The molecule has 1 aliphatic rings. The van der Waals surface area contributed by atoms with Crippen molar-refractivity contribution < 1.29 is 9.53 Å². The quantitative estimate of drug-likeness (QED) is 0.845. The van der Waals surface area contributed by atoms with E-state index in [0.29, 0.717) is 13.0 Å². The van der Waals surface area contributed by atoms with Crippen molar-refractivity contribution in [2.45, 2.75) is 32.4 Å². The molecule has 3 rings (SSSR count). The Morgan fingerprint density at radius 1 is 1.38 bits per heavy atom. The number of nitrogens with zero attached hydrogens (tertiary/aromatic N) is 1. The summed E-state index contributed by atoms with van der Waals surface area (Å²) in [6.07, 6.45) is 3.65. The van der Waals surface area contributed by atoms with Crippen molar-refractivity contribution in [3.63, 3.8) is 0 Å². The summed E-state index contributed by atoms with van der Waals surface area (Å²) in [5.41, 5.74) is 2.06. The molecule has 1 atom stereocenters. The van der Waals surface area contributed by atoms with Crippen LogP contribution in [-0.4, -0.2) is 36.3 Å². The van der Waals surface area contributed by atoms with Gasteiger partial charge in [-0.1, -0.05) is 6.92 Å². The standard InChI is InChI=1S/C17H23N3O2.2ClH/c1-2-7-20-8-5-13-10-14(3-4-16(13)20)19-17(21)11-15-12-22-9-6-18-15;;/h3-5,8,10,15,18H,2,6-7,9,11-12H2,1H3,(H,19,21);2*1H. The molecular formula is C17H25Cl2N3O2. The van der Waals surface area contributed by atoms with Crippen LogP contribution in [0.4, 0.5) is 5.69 Å². The number of halogens is 2. The van der Waals surface area contributed by atoms with Gasteiger partial charge in [-0.15, -0.1) is 24.8 Å². The fourth-order valence-corrected chi connectivity index (χ4v) is 2.90. The lowest BCUT2D eigenvalue weighted by Crippen LogP contribution is -2.43. The minimum absolute atomic E-state index is 0. The molecule has 134 valence electrons. The number of aryl methyl sites for hydroxylation is 1. The third-order valence-electron chi connectivity index (χ3n) is 3.95. The van der Waals surface area contributed by atoms with Crippen molar-refractivity contribution in [1.82, 2.24) is 9.88 Å². The van der Waals surface area contributed by atoms with Crippen LogP contribution in [0.15, 0.2) is 30.5 Å². The number of rotatable bonds is 5. The van der Waals surface area contributed by atoms with Crippen molar-refractivity contribution in [2.24, 2.45) is 0 Å². The minimum atomic E-state index is 0. The van der Waals surface area contributed by atoms with E-state index >= 15 is 0 Å². The first-order valence-electron chi connectivity index (χ1n) is 7.96. The summed E-state index contributed by atoms with van der Waals surface area (Å²) >= 11 is 0. The molecule has 0 spiro atoms. The molecule has 0 bridgehead atoms. The number of amides is 1. The number of anilines is 1. The van der Waals surface area contributed by atoms with Gasteiger partial charge >= 0.3 is 0 Å². The Kier molecular flexibility index (Phi) is 8.56. The Morgan fingerprint density at radius 2 is 2.21 bits per heavy atom. The second kappa shape index (κ2) is 9.89. The molecule has 1 unspecified atom stereocenters. The molecule has 1 fully saturated rings. The maximum Gasteiger partial charge on any atom is 0.226 e. The summed E-state index contributed by atoms with van der Waals surface area (Å²) in [7, 11) is 0. The number of hydrogen-bond acceptors (Lipinski definition) is 3. The number of hydrogen-bond donors (Lipinski definition) is 2. The van der Waals surface area contributed by atoms with Crippen LogP contribution in [0.1, 0.15) is 19.8 Å². The Morgan fingerprint density at radius 3 is 2.92 bits per heavy atom. The number of carbonyl (C=O) groups is 1. The van der Waals surface area contributed by atoms with Gasteiger partial charge in [0.15, 0.2) is 0 Å². The average molecular weight is 374 g/mol. The number of benzene rings is 1. The molecule has 1 amide bonds. The summed E-state index contributed by atoms with van der Waals surface area (Å²) in [4.78, 5) is 12.1. The lowest BCUT2D eigenvalue weighted by molar-refractivity contribution is -0.117. The van der Waals surface area contributed by atoms with E-state index in [9.17, 15) is 4.79 Å². The third kappa shape index (κ3) is 5.11. The van der Waals surface area contributed by atoms with Crippen LogP contribution in [0.25, 0.3) is 10.9 Å². The third-order valence-corrected chi connectivity index (χ3v) is 3.95. The molecule has 7 heteroatoms. The predicted molar refractivity (Wildman–Crippen MR) is 103 cm³/mol. The van der Waals surface area contributed by atoms with Crippen molar-refractivity contribution in [3.8, 4) is 0 Å². The Labute approximate surface area is 154 Å². The predicted octanol–water partition coefficient (Wildman–Crippen LogP) is 3.21. The van der Waals surface area contributed by atoms with E-state index in [0.717, 1.165) is 37.2 Å². The zero-order chi connectivity index (χ0) is 15.4. The maximum absolute atomic E-state index is 12.1. The van der Waals surface area contributed by atoms with Crippen LogP contribution >= 0.6 is 24.8 Å². The SMILES string of the molecule is CCCn1ccc2cc(NC(=O)CC3COCCN3)ccc21.Cl.Cl. The summed E-state index contributed by atoms with van der Waals surface area (Å²) in [5.74, 6) is 0.0235. The van der Waals surface area contributed by atoms with Gasteiger partial charge in [-0.2, -0.15) is 0 Å². The van der Waals surface area contributed by atoms with Crippen molar-refractivity contribution in [1.29, 1.82) is 0 Å². The molecule has 1 saturated heterocycles. The van der Waals surface area contributed by atoms with Gasteiger partial charge in [0.05, 0.1) is 13.2 Å². The van der Waals surface area contributed by atoms with E-state index in [1.165, 1.54) is 5.52 Å². The molecular weight excluding hydrogens is 349 g/mol. The maximum atomic E-state index is 12.1. The molecule has 2 aromatic rings. The molecule has 0 aliphatic carbocycles. The Bertz CT molecular complexity index is 654. The zero-order valence-electron chi connectivity index (χ0n) is 13.8. The van der Waals surface area contributed by atoms with Crippen LogP contribution < -0.4 is 10.6 Å². The van der Waals surface area contributed by atoms with E-state index in [1.807, 2.05) is 12.1 Å². The van der Waals surface area contributed by atoms with Gasteiger partial charge in [-0.05, 0) is 30.7 Å². The number of aromatic nitrogens is 1. The fraction of sp³-hybridized carbons (Fsp3) is 0.471. The zero-order valence-corrected chi connectivity index (χ0v) is 15.4. The summed E-state index contributed by atoms with van der Waals surface area (Å²) < 4.78 is 7.61. The molecule has 1 aromatic heterocycles. The summed E-state index contributed by atoms with van der Waals surface area (Å²) in [6, 6.07) is 8.28. The molecule has 1 aliphatic heterocycles. The van der Waals surface area contributed by atoms with Gasteiger partial charge in [-0.25, -0.2) is 0 Å². The molecule has 1 aromatic carbocycles. The average Bonchev–Trinajstić information content (AvgIpc) is 2.91. The van der Waals surface area contributed by atoms with Crippen LogP contribution in [0.3, 0.4) is 0 Å². The molecule has 2 heterocycles. The lowest BCUT2D eigenvalue weighted by atomic mass is 10.1. The lowest BCUT2D eigenvalue weighted by Gasteiger charge is -2.23. The van der Waals surface area contributed by atoms with E-state index in [2.05, 4.69) is 40.5 Å². The Hall–Kier alpha value is -1.27. The highest BCUT2D eigenvalue weighted by molar-refractivity contribution is 5.94. The van der Waals surface area contributed by atoms with Gasteiger partial charge in [0.25, 0.3) is 0 Å². The second-order valence-electron chi connectivity index (χ2n) is 5.76. The first-order chi connectivity index (χ1) is 10.8. The molecule has 2 N–H and O–H groups in total. The first kappa shape index (κ1) is 20.8. The first-order valence-corrected chi connectivity index (χ1v) is 7.96. The number of morpholine rings is 1. The van der Waals surface area contributed by atoms with Gasteiger partial charge < -0.3 is 19.9 Å². The van der Waals surface area contributed by atoms with Crippen molar-refractivity contribution >= 4 is 47.3 Å². The molecule has 0 radical (unpaired) electrons. The number of nitrogens with one attached hydrogen (secondary N) is 2. The highest BCUT2D eigenvalue weighted by atomic mass is 35.5. The van der Waals surface area contributed by atoms with Gasteiger partial charge in [0.2, 0.25) is 5.91 Å². The minimum Gasteiger partial charge on any atom is -0.378 e. The van der Waals surface area contributed by atoms with Crippen LogP contribution in [0.2, 0.25) is 0 Å². The van der Waals surface area contributed by atoms with Gasteiger partial charge in [0.1, 0.15) is 0 Å². The number of ether oxygens (including phenoxy) is 1. The second-order valence-corrected chi connectivity index (χ2v) is 5.76. The Balaban J connectivity index is 0.00000144. The van der Waals surface area contributed by atoms with Crippen LogP contribution in [0, 0.1) is 0 Å².